The highest BCUT2D eigenvalue weighted by atomic mass is 16.5. The van der Waals surface area contributed by atoms with Crippen LogP contribution in [-0.4, -0.2) is 7.11 Å². The molecule has 0 radical (unpaired) electrons. The average Bonchev–Trinajstić information content (AvgIpc) is 2.56. The van der Waals surface area contributed by atoms with Crippen LogP contribution in [0.3, 0.4) is 0 Å². The van der Waals surface area contributed by atoms with Crippen LogP contribution in [-0.2, 0) is 0 Å². The van der Waals surface area contributed by atoms with E-state index < -0.39 is 0 Å². The topological polar surface area (TPSA) is 18.5 Å². The predicted molar refractivity (Wildman–Crippen MR) is 93.5 cm³/mol. The van der Waals surface area contributed by atoms with Crippen molar-refractivity contribution in [3.05, 3.63) is 65.7 Å². The van der Waals surface area contributed by atoms with Crippen LogP contribution in [0.4, 0.5) is 0 Å². The molecule has 0 N–H and O–H groups in total. The monoisotopic (exact) mass is 294 g/mol. The minimum absolute atomic E-state index is 0.714. The van der Waals surface area contributed by atoms with Crippen LogP contribution in [0.15, 0.2) is 54.6 Å². The standard InChI is InChI=1S/C20H22O2/c1-5-7-16-8-13-19(20(14-16)21-4)22-18-11-9-17(10-12-18)15(3)6-2/h5-14H,1-4H3/b7-5-,15-6-. The first-order valence-electron chi connectivity index (χ1n) is 7.40. The van der Waals surface area contributed by atoms with E-state index in [4.69, 9.17) is 9.47 Å². The highest BCUT2D eigenvalue weighted by Crippen LogP contribution is 2.33. The molecule has 0 aliphatic heterocycles. The van der Waals surface area contributed by atoms with Gasteiger partial charge in [0, 0.05) is 0 Å². The van der Waals surface area contributed by atoms with Crippen molar-refractivity contribution >= 4 is 11.6 Å². The molecule has 0 aromatic heterocycles. The maximum Gasteiger partial charge on any atom is 0.169 e. The molecule has 0 saturated carbocycles. The molecule has 0 fully saturated rings. The molecule has 2 rings (SSSR count). The van der Waals surface area contributed by atoms with Gasteiger partial charge in [0.1, 0.15) is 5.75 Å². The number of allylic oxidation sites excluding steroid dienone is 3. The van der Waals surface area contributed by atoms with E-state index in [0.717, 1.165) is 17.1 Å². The second kappa shape index (κ2) is 7.51. The summed E-state index contributed by atoms with van der Waals surface area (Å²) in [7, 11) is 1.65. The molecule has 2 aromatic rings. The Balaban J connectivity index is 2.23. The quantitative estimate of drug-likeness (QED) is 0.679. The van der Waals surface area contributed by atoms with Gasteiger partial charge in [-0.25, -0.2) is 0 Å². The zero-order valence-electron chi connectivity index (χ0n) is 13.6. The molecule has 0 heterocycles. The molecule has 114 valence electrons. The van der Waals surface area contributed by atoms with Gasteiger partial charge in [-0.05, 0) is 61.7 Å². The molecule has 0 bridgehead atoms. The summed E-state index contributed by atoms with van der Waals surface area (Å²) < 4.78 is 11.3. The summed E-state index contributed by atoms with van der Waals surface area (Å²) in [5.74, 6) is 2.24. The average molecular weight is 294 g/mol. The molecule has 2 aromatic carbocycles. The first kappa shape index (κ1) is 15.9. The van der Waals surface area contributed by atoms with Gasteiger partial charge in [0.25, 0.3) is 0 Å². The number of hydrogen-bond donors (Lipinski definition) is 0. The SMILES string of the molecule is C/C=C\c1ccc(Oc2ccc(/C(C)=C\C)cc2)c(OC)c1. The summed E-state index contributed by atoms with van der Waals surface area (Å²) in [6, 6.07) is 14.0. The zero-order chi connectivity index (χ0) is 15.9. The predicted octanol–water partition coefficient (Wildman–Crippen LogP) is 5.94. The fourth-order valence-corrected chi connectivity index (χ4v) is 2.14. The van der Waals surface area contributed by atoms with Gasteiger partial charge in [-0.3, -0.25) is 0 Å². The second-order valence-electron chi connectivity index (χ2n) is 5.01. The Hall–Kier alpha value is -2.48. The summed E-state index contributed by atoms with van der Waals surface area (Å²) >= 11 is 0. The van der Waals surface area contributed by atoms with Crippen molar-refractivity contribution in [1.82, 2.24) is 0 Å². The van der Waals surface area contributed by atoms with Crippen LogP contribution in [0.2, 0.25) is 0 Å². The van der Waals surface area contributed by atoms with E-state index in [0.29, 0.717) is 5.75 Å². The smallest absolute Gasteiger partial charge is 0.169 e. The van der Waals surface area contributed by atoms with Crippen molar-refractivity contribution in [2.75, 3.05) is 7.11 Å². The van der Waals surface area contributed by atoms with Gasteiger partial charge in [0.15, 0.2) is 11.5 Å². The van der Waals surface area contributed by atoms with E-state index in [9.17, 15) is 0 Å². The number of ether oxygens (including phenoxy) is 2. The van der Waals surface area contributed by atoms with E-state index in [1.165, 1.54) is 11.1 Å². The van der Waals surface area contributed by atoms with Crippen LogP contribution in [0.5, 0.6) is 17.2 Å². The van der Waals surface area contributed by atoms with Gasteiger partial charge >= 0.3 is 0 Å². The molecule has 22 heavy (non-hydrogen) atoms. The number of rotatable bonds is 5. The molecule has 0 aliphatic carbocycles. The summed E-state index contributed by atoms with van der Waals surface area (Å²) in [6.45, 7) is 6.13. The van der Waals surface area contributed by atoms with E-state index in [1.807, 2.05) is 56.3 Å². The van der Waals surface area contributed by atoms with E-state index in [-0.39, 0.29) is 0 Å². The van der Waals surface area contributed by atoms with Gasteiger partial charge in [0.2, 0.25) is 0 Å². The number of hydrogen-bond acceptors (Lipinski definition) is 2. The summed E-state index contributed by atoms with van der Waals surface area (Å²) in [5.41, 5.74) is 3.54. The second-order valence-corrected chi connectivity index (χ2v) is 5.01. The number of methoxy groups -OCH3 is 1. The lowest BCUT2D eigenvalue weighted by Gasteiger charge is -2.11. The van der Waals surface area contributed by atoms with Gasteiger partial charge in [0.05, 0.1) is 7.11 Å². The Morgan fingerprint density at radius 3 is 2.27 bits per heavy atom. The number of benzene rings is 2. The largest absolute Gasteiger partial charge is 0.493 e. The minimum Gasteiger partial charge on any atom is -0.493 e. The third-order valence-corrected chi connectivity index (χ3v) is 3.52. The van der Waals surface area contributed by atoms with E-state index in [1.54, 1.807) is 7.11 Å². The Kier molecular flexibility index (Phi) is 5.42. The lowest BCUT2D eigenvalue weighted by Crippen LogP contribution is -1.91. The fraction of sp³-hybridized carbons (Fsp3) is 0.200. The first-order chi connectivity index (χ1) is 10.7. The van der Waals surface area contributed by atoms with E-state index in [2.05, 4.69) is 25.1 Å². The molecule has 0 saturated heterocycles. The highest BCUT2D eigenvalue weighted by Gasteiger charge is 2.06. The molecular weight excluding hydrogens is 272 g/mol. The summed E-state index contributed by atoms with van der Waals surface area (Å²) in [5, 5.41) is 0. The van der Waals surface area contributed by atoms with Crippen LogP contribution < -0.4 is 9.47 Å². The molecule has 0 amide bonds. The Morgan fingerprint density at radius 2 is 1.68 bits per heavy atom. The Bertz CT molecular complexity index is 679. The van der Waals surface area contributed by atoms with Gasteiger partial charge in [-0.2, -0.15) is 0 Å². The van der Waals surface area contributed by atoms with Crippen molar-refractivity contribution in [1.29, 1.82) is 0 Å². The van der Waals surface area contributed by atoms with Crippen molar-refractivity contribution in [3.8, 4) is 17.2 Å². The van der Waals surface area contributed by atoms with Crippen LogP contribution >= 0.6 is 0 Å². The van der Waals surface area contributed by atoms with Crippen molar-refractivity contribution in [2.45, 2.75) is 20.8 Å². The normalized spacial score (nSPS) is 11.7. The van der Waals surface area contributed by atoms with Gasteiger partial charge < -0.3 is 9.47 Å². The third kappa shape index (κ3) is 3.79. The molecular formula is C20H22O2. The molecule has 0 unspecified atom stereocenters. The Labute approximate surface area is 132 Å². The van der Waals surface area contributed by atoms with Crippen molar-refractivity contribution in [2.24, 2.45) is 0 Å². The fourth-order valence-electron chi connectivity index (χ4n) is 2.14. The van der Waals surface area contributed by atoms with E-state index >= 15 is 0 Å². The zero-order valence-corrected chi connectivity index (χ0v) is 13.6. The lowest BCUT2D eigenvalue weighted by atomic mass is 10.1. The Morgan fingerprint density at radius 1 is 0.955 bits per heavy atom. The molecule has 0 aliphatic rings. The molecule has 0 atom stereocenters. The van der Waals surface area contributed by atoms with Crippen LogP contribution in [0.25, 0.3) is 11.6 Å². The summed E-state index contributed by atoms with van der Waals surface area (Å²) in [4.78, 5) is 0. The minimum atomic E-state index is 0.714. The maximum absolute atomic E-state index is 5.93. The van der Waals surface area contributed by atoms with Crippen molar-refractivity contribution in [3.63, 3.8) is 0 Å². The van der Waals surface area contributed by atoms with Crippen LogP contribution in [0.1, 0.15) is 31.9 Å². The molecule has 0 spiro atoms. The van der Waals surface area contributed by atoms with Crippen molar-refractivity contribution < 1.29 is 9.47 Å². The third-order valence-electron chi connectivity index (χ3n) is 3.52. The molecule has 2 nitrogen and oxygen atoms in total. The maximum atomic E-state index is 5.93. The van der Waals surface area contributed by atoms with Gasteiger partial charge in [-0.1, -0.05) is 36.4 Å². The highest BCUT2D eigenvalue weighted by molar-refractivity contribution is 5.64. The van der Waals surface area contributed by atoms with Gasteiger partial charge in [-0.15, -0.1) is 0 Å². The summed E-state index contributed by atoms with van der Waals surface area (Å²) in [6.07, 6.45) is 6.12. The first-order valence-corrected chi connectivity index (χ1v) is 7.40. The lowest BCUT2D eigenvalue weighted by molar-refractivity contribution is 0.379. The molecule has 2 heteroatoms. The van der Waals surface area contributed by atoms with Crippen LogP contribution in [0, 0.1) is 0 Å².